The van der Waals surface area contributed by atoms with E-state index in [0.717, 1.165) is 5.56 Å². The summed E-state index contributed by atoms with van der Waals surface area (Å²) in [5.41, 5.74) is 2.13. The third-order valence-electron chi connectivity index (χ3n) is 3.69. The minimum absolute atomic E-state index is 0.307. The quantitative estimate of drug-likeness (QED) is 0.462. The molecule has 0 atom stereocenters. The minimum Gasteiger partial charge on any atom is -0.309 e. The van der Waals surface area contributed by atoms with Crippen molar-refractivity contribution in [2.75, 3.05) is 13.2 Å². The second-order valence-electron chi connectivity index (χ2n) is 5.45. The summed E-state index contributed by atoms with van der Waals surface area (Å²) < 4.78 is 24.6. The topological polar surface area (TPSA) is 35.5 Å². The highest BCUT2D eigenvalue weighted by Crippen LogP contribution is 2.51. The average Bonchev–Trinajstić information content (AvgIpc) is 3.00. The molecule has 126 valence electrons. The molecular formula is C19H21O3PS. The summed E-state index contributed by atoms with van der Waals surface area (Å²) in [6.07, 6.45) is 0.307. The van der Waals surface area contributed by atoms with E-state index in [1.165, 1.54) is 20.5 Å². The van der Waals surface area contributed by atoms with Gasteiger partial charge in [-0.2, -0.15) is 0 Å². The first kappa shape index (κ1) is 17.4. The highest BCUT2D eigenvalue weighted by molar-refractivity contribution is 7.53. The van der Waals surface area contributed by atoms with Crippen LogP contribution in [-0.2, 0) is 19.8 Å². The van der Waals surface area contributed by atoms with E-state index in [-0.39, 0.29) is 0 Å². The van der Waals surface area contributed by atoms with Crippen molar-refractivity contribution in [3.8, 4) is 10.4 Å². The zero-order chi connectivity index (χ0) is 17.0. The van der Waals surface area contributed by atoms with Gasteiger partial charge < -0.3 is 9.05 Å². The Bertz CT molecular complexity index is 811. The Hall–Kier alpha value is -1.45. The molecule has 1 heterocycles. The maximum atomic E-state index is 12.6. The molecule has 0 aliphatic heterocycles. The van der Waals surface area contributed by atoms with Gasteiger partial charge in [-0.05, 0) is 42.5 Å². The molecule has 0 aliphatic rings. The molecule has 0 fully saturated rings. The van der Waals surface area contributed by atoms with Crippen LogP contribution in [0.15, 0.2) is 54.6 Å². The van der Waals surface area contributed by atoms with E-state index in [1.54, 1.807) is 11.3 Å². The molecule has 0 saturated carbocycles. The third kappa shape index (κ3) is 3.96. The minimum atomic E-state index is -3.05. The Kier molecular flexibility index (Phi) is 5.52. The van der Waals surface area contributed by atoms with Gasteiger partial charge in [0, 0.05) is 9.58 Å². The van der Waals surface area contributed by atoms with Gasteiger partial charge in [-0.1, -0.05) is 42.5 Å². The molecular weight excluding hydrogens is 339 g/mol. The smallest absolute Gasteiger partial charge is 0.309 e. The predicted octanol–water partition coefficient (Wildman–Crippen LogP) is 6.33. The Labute approximate surface area is 146 Å². The van der Waals surface area contributed by atoms with Crippen LogP contribution < -0.4 is 0 Å². The summed E-state index contributed by atoms with van der Waals surface area (Å²) in [5, 5.41) is 1.26. The molecule has 0 amide bonds. The molecule has 24 heavy (non-hydrogen) atoms. The zero-order valence-corrected chi connectivity index (χ0v) is 15.6. The molecule has 3 nitrogen and oxygen atoms in total. The monoisotopic (exact) mass is 360 g/mol. The number of fused-ring (bicyclic) bond motifs is 1. The number of hydrogen-bond donors (Lipinski definition) is 0. The van der Waals surface area contributed by atoms with E-state index in [1.807, 2.05) is 26.0 Å². The van der Waals surface area contributed by atoms with Crippen molar-refractivity contribution in [3.63, 3.8) is 0 Å². The van der Waals surface area contributed by atoms with Gasteiger partial charge in [0.1, 0.15) is 0 Å². The van der Waals surface area contributed by atoms with Crippen molar-refractivity contribution in [2.24, 2.45) is 0 Å². The first-order valence-electron chi connectivity index (χ1n) is 8.09. The molecule has 3 rings (SSSR count). The predicted molar refractivity (Wildman–Crippen MR) is 102 cm³/mol. The van der Waals surface area contributed by atoms with Crippen molar-refractivity contribution in [1.29, 1.82) is 0 Å². The summed E-state index contributed by atoms with van der Waals surface area (Å²) in [5.74, 6) is 0. The first-order chi connectivity index (χ1) is 11.6. The van der Waals surface area contributed by atoms with E-state index < -0.39 is 7.60 Å². The normalized spacial score (nSPS) is 11.9. The van der Waals surface area contributed by atoms with Gasteiger partial charge in [0.2, 0.25) is 0 Å². The van der Waals surface area contributed by atoms with Crippen LogP contribution in [0.25, 0.3) is 20.5 Å². The molecule has 0 spiro atoms. The van der Waals surface area contributed by atoms with Crippen molar-refractivity contribution < 1.29 is 13.6 Å². The van der Waals surface area contributed by atoms with Crippen LogP contribution in [0.4, 0.5) is 0 Å². The van der Waals surface area contributed by atoms with Crippen LogP contribution in [-0.4, -0.2) is 13.2 Å². The SMILES string of the molecule is CCOP(=O)(Cc1ccc(-c2cc3ccccc3s2)cc1)OCC. The highest BCUT2D eigenvalue weighted by atomic mass is 32.1. The number of thiophene rings is 1. The van der Waals surface area contributed by atoms with Crippen LogP contribution in [0.5, 0.6) is 0 Å². The highest BCUT2D eigenvalue weighted by Gasteiger charge is 2.23. The Morgan fingerprint density at radius 3 is 2.25 bits per heavy atom. The van der Waals surface area contributed by atoms with Gasteiger partial charge in [-0.15, -0.1) is 11.3 Å². The maximum Gasteiger partial charge on any atom is 0.335 e. The van der Waals surface area contributed by atoms with Gasteiger partial charge in [0.05, 0.1) is 19.4 Å². The van der Waals surface area contributed by atoms with Crippen LogP contribution >= 0.6 is 18.9 Å². The molecule has 1 aromatic heterocycles. The van der Waals surface area contributed by atoms with Crippen molar-refractivity contribution in [2.45, 2.75) is 20.0 Å². The van der Waals surface area contributed by atoms with Crippen LogP contribution in [0.1, 0.15) is 19.4 Å². The molecule has 0 radical (unpaired) electrons. The van der Waals surface area contributed by atoms with Crippen molar-refractivity contribution in [3.05, 3.63) is 60.2 Å². The van der Waals surface area contributed by atoms with E-state index in [9.17, 15) is 4.57 Å². The summed E-state index contributed by atoms with van der Waals surface area (Å²) in [6, 6.07) is 18.7. The lowest BCUT2D eigenvalue weighted by molar-refractivity contribution is 0.219. The second-order valence-corrected chi connectivity index (χ2v) is 8.59. The number of rotatable bonds is 7. The van der Waals surface area contributed by atoms with Gasteiger partial charge >= 0.3 is 7.60 Å². The van der Waals surface area contributed by atoms with Gasteiger partial charge in [0.15, 0.2) is 0 Å². The van der Waals surface area contributed by atoms with Crippen molar-refractivity contribution in [1.82, 2.24) is 0 Å². The molecule has 0 unspecified atom stereocenters. The van der Waals surface area contributed by atoms with E-state index in [2.05, 4.69) is 42.5 Å². The van der Waals surface area contributed by atoms with E-state index >= 15 is 0 Å². The molecule has 5 heteroatoms. The molecule has 0 saturated heterocycles. The molecule has 0 bridgehead atoms. The lowest BCUT2D eigenvalue weighted by Gasteiger charge is -2.17. The standard InChI is InChI=1S/C19H21O3PS/c1-3-21-23(20,22-4-2)14-15-9-11-16(12-10-15)19-13-17-7-5-6-8-18(17)24-19/h5-13H,3-4,14H2,1-2H3. The van der Waals surface area contributed by atoms with Crippen molar-refractivity contribution >= 4 is 29.0 Å². The van der Waals surface area contributed by atoms with Crippen LogP contribution in [0.3, 0.4) is 0 Å². The van der Waals surface area contributed by atoms with Crippen LogP contribution in [0, 0.1) is 0 Å². The van der Waals surface area contributed by atoms with E-state index in [4.69, 9.17) is 9.05 Å². The molecule has 2 aromatic carbocycles. The fraction of sp³-hybridized carbons (Fsp3) is 0.263. The van der Waals surface area contributed by atoms with Gasteiger partial charge in [-0.3, -0.25) is 4.57 Å². The molecule has 0 aliphatic carbocycles. The summed E-state index contributed by atoms with van der Waals surface area (Å²) in [6.45, 7) is 4.43. The molecule has 3 aromatic rings. The first-order valence-corrected chi connectivity index (χ1v) is 10.6. The molecule has 0 N–H and O–H groups in total. The fourth-order valence-corrected chi connectivity index (χ4v) is 5.41. The van der Waals surface area contributed by atoms with Crippen LogP contribution in [0.2, 0.25) is 0 Å². The summed E-state index contributed by atoms with van der Waals surface area (Å²) in [4.78, 5) is 1.24. The lowest BCUT2D eigenvalue weighted by atomic mass is 10.1. The average molecular weight is 360 g/mol. The summed E-state index contributed by atoms with van der Waals surface area (Å²) in [7, 11) is -3.05. The Balaban J connectivity index is 1.81. The zero-order valence-electron chi connectivity index (χ0n) is 13.9. The Morgan fingerprint density at radius 2 is 1.62 bits per heavy atom. The second kappa shape index (κ2) is 7.62. The third-order valence-corrected chi connectivity index (χ3v) is 6.91. The lowest BCUT2D eigenvalue weighted by Crippen LogP contribution is -1.99. The summed E-state index contributed by atoms with van der Waals surface area (Å²) >= 11 is 1.78. The van der Waals surface area contributed by atoms with Gasteiger partial charge in [0.25, 0.3) is 0 Å². The largest absolute Gasteiger partial charge is 0.335 e. The fourth-order valence-electron chi connectivity index (χ4n) is 2.64. The van der Waals surface area contributed by atoms with E-state index in [0.29, 0.717) is 19.4 Å². The number of hydrogen-bond acceptors (Lipinski definition) is 4. The van der Waals surface area contributed by atoms with Gasteiger partial charge in [-0.25, -0.2) is 0 Å². The Morgan fingerprint density at radius 1 is 0.958 bits per heavy atom. The number of benzene rings is 2. The maximum absolute atomic E-state index is 12.6.